The van der Waals surface area contributed by atoms with E-state index >= 15 is 0 Å². The molecule has 0 radical (unpaired) electrons. The van der Waals surface area contributed by atoms with E-state index in [2.05, 4.69) is 45.3 Å². The first-order valence-electron chi connectivity index (χ1n) is 5.00. The predicted molar refractivity (Wildman–Crippen MR) is 85.9 cm³/mol. The van der Waals surface area contributed by atoms with Crippen molar-refractivity contribution < 1.29 is 0 Å². The van der Waals surface area contributed by atoms with Gasteiger partial charge in [0.25, 0.3) is 0 Å². The summed E-state index contributed by atoms with van der Waals surface area (Å²) < 4.78 is 1.17. The van der Waals surface area contributed by atoms with Gasteiger partial charge in [0.2, 0.25) is 0 Å². The van der Waals surface area contributed by atoms with Crippen LogP contribution in [0.3, 0.4) is 0 Å². The summed E-state index contributed by atoms with van der Waals surface area (Å²) in [6, 6.07) is 4.18. The van der Waals surface area contributed by atoms with Crippen LogP contribution in [-0.2, 0) is 6.42 Å². The van der Waals surface area contributed by atoms with E-state index < -0.39 is 0 Å². The highest BCUT2D eigenvalue weighted by Gasteiger charge is 1.97. The van der Waals surface area contributed by atoms with Crippen molar-refractivity contribution in [3.05, 3.63) is 20.8 Å². The number of nitrogens with one attached hydrogen (secondary N) is 1. The van der Waals surface area contributed by atoms with E-state index in [0.29, 0.717) is 5.96 Å². The first-order chi connectivity index (χ1) is 7.22. The van der Waals surface area contributed by atoms with Crippen LogP contribution < -0.4 is 11.1 Å². The molecule has 1 aromatic rings. The van der Waals surface area contributed by atoms with Gasteiger partial charge in [0.1, 0.15) is 0 Å². The molecule has 3 N–H and O–H groups in total. The van der Waals surface area contributed by atoms with Crippen LogP contribution in [0.1, 0.15) is 18.2 Å². The van der Waals surface area contributed by atoms with Crippen LogP contribution >= 0.6 is 51.2 Å². The molecular formula is C10H17BrIN3S. The molecular weight excluding hydrogens is 401 g/mol. The number of aliphatic imine (C=N–C) groups is 1. The van der Waals surface area contributed by atoms with Crippen molar-refractivity contribution in [1.29, 1.82) is 0 Å². The standard InChI is InChI=1S/C10H16BrN3S.HI/c1-2-6-13-10(12)14-7-5-8-3-4-9(11)15-8;/h3-4H,2,5-7H2,1H3,(H3,12,13,14);1H. The summed E-state index contributed by atoms with van der Waals surface area (Å²) in [5.74, 6) is 0.549. The second-order valence-electron chi connectivity index (χ2n) is 3.15. The maximum Gasteiger partial charge on any atom is 0.188 e. The Bertz CT molecular complexity index is 328. The Balaban J connectivity index is 0.00000225. The molecule has 1 heterocycles. The predicted octanol–water partition coefficient (Wildman–Crippen LogP) is 2.99. The van der Waals surface area contributed by atoms with Gasteiger partial charge in [-0.1, -0.05) is 6.92 Å². The topological polar surface area (TPSA) is 50.4 Å². The summed E-state index contributed by atoms with van der Waals surface area (Å²) >= 11 is 5.19. The fourth-order valence-electron chi connectivity index (χ4n) is 1.09. The van der Waals surface area contributed by atoms with E-state index in [1.165, 1.54) is 8.66 Å². The van der Waals surface area contributed by atoms with Crippen LogP contribution in [0.15, 0.2) is 20.9 Å². The SMILES string of the molecule is CCCN=C(N)NCCc1ccc(Br)s1.I. The van der Waals surface area contributed by atoms with Crippen molar-refractivity contribution in [2.45, 2.75) is 19.8 Å². The molecule has 1 aromatic heterocycles. The first kappa shape index (κ1) is 16.2. The van der Waals surface area contributed by atoms with Gasteiger partial charge in [-0.05, 0) is 40.9 Å². The van der Waals surface area contributed by atoms with E-state index in [4.69, 9.17) is 5.73 Å². The summed E-state index contributed by atoms with van der Waals surface area (Å²) in [6.45, 7) is 3.72. The fourth-order valence-corrected chi connectivity index (χ4v) is 2.57. The highest BCUT2D eigenvalue weighted by Crippen LogP contribution is 2.21. The van der Waals surface area contributed by atoms with Crippen molar-refractivity contribution in [1.82, 2.24) is 5.32 Å². The van der Waals surface area contributed by atoms with Crippen molar-refractivity contribution in [2.75, 3.05) is 13.1 Å². The Morgan fingerprint density at radius 3 is 2.88 bits per heavy atom. The molecule has 92 valence electrons. The number of nitrogens with two attached hydrogens (primary N) is 1. The summed E-state index contributed by atoms with van der Waals surface area (Å²) in [6.07, 6.45) is 2.01. The number of thiophene rings is 1. The Morgan fingerprint density at radius 2 is 2.31 bits per heavy atom. The third-order valence-electron chi connectivity index (χ3n) is 1.81. The molecule has 0 atom stereocenters. The molecule has 0 bridgehead atoms. The summed E-state index contributed by atoms with van der Waals surface area (Å²) in [4.78, 5) is 5.50. The van der Waals surface area contributed by atoms with Crippen LogP contribution in [0.5, 0.6) is 0 Å². The number of nitrogens with zero attached hydrogens (tertiary/aromatic N) is 1. The molecule has 0 aliphatic carbocycles. The zero-order valence-electron chi connectivity index (χ0n) is 9.20. The third kappa shape index (κ3) is 6.70. The smallest absolute Gasteiger partial charge is 0.188 e. The maximum atomic E-state index is 5.66. The number of hydrogen-bond acceptors (Lipinski definition) is 2. The van der Waals surface area contributed by atoms with Crippen LogP contribution in [-0.4, -0.2) is 19.0 Å². The van der Waals surface area contributed by atoms with Gasteiger partial charge in [-0.2, -0.15) is 0 Å². The monoisotopic (exact) mass is 417 g/mol. The lowest BCUT2D eigenvalue weighted by Gasteiger charge is -2.03. The molecule has 0 aliphatic rings. The Morgan fingerprint density at radius 1 is 1.56 bits per heavy atom. The minimum atomic E-state index is 0. The van der Waals surface area contributed by atoms with Crippen molar-refractivity contribution in [2.24, 2.45) is 10.7 Å². The molecule has 6 heteroatoms. The first-order valence-corrected chi connectivity index (χ1v) is 6.61. The highest BCUT2D eigenvalue weighted by molar-refractivity contribution is 14.0. The van der Waals surface area contributed by atoms with Gasteiger partial charge >= 0.3 is 0 Å². The van der Waals surface area contributed by atoms with E-state index in [0.717, 1.165) is 25.9 Å². The second-order valence-corrected chi connectivity index (χ2v) is 5.70. The Labute approximate surface area is 126 Å². The maximum absolute atomic E-state index is 5.66. The highest BCUT2D eigenvalue weighted by atomic mass is 127. The molecule has 0 aromatic carbocycles. The number of hydrogen-bond donors (Lipinski definition) is 2. The quantitative estimate of drug-likeness (QED) is 0.439. The van der Waals surface area contributed by atoms with Crippen LogP contribution in [0, 0.1) is 0 Å². The van der Waals surface area contributed by atoms with Crippen molar-refractivity contribution in [3.8, 4) is 0 Å². The van der Waals surface area contributed by atoms with E-state index in [1.54, 1.807) is 11.3 Å². The fraction of sp³-hybridized carbons (Fsp3) is 0.500. The zero-order chi connectivity index (χ0) is 11.1. The minimum Gasteiger partial charge on any atom is -0.370 e. The molecule has 16 heavy (non-hydrogen) atoms. The molecule has 0 saturated carbocycles. The average molecular weight is 418 g/mol. The lowest BCUT2D eigenvalue weighted by molar-refractivity contribution is 0.846. The number of halogens is 2. The van der Waals surface area contributed by atoms with E-state index in [1.807, 2.05) is 0 Å². The molecule has 0 fully saturated rings. The number of rotatable bonds is 5. The van der Waals surface area contributed by atoms with E-state index in [-0.39, 0.29) is 24.0 Å². The molecule has 3 nitrogen and oxygen atoms in total. The normalized spacial score (nSPS) is 11.0. The van der Waals surface area contributed by atoms with Crippen molar-refractivity contribution in [3.63, 3.8) is 0 Å². The largest absolute Gasteiger partial charge is 0.370 e. The van der Waals surface area contributed by atoms with Gasteiger partial charge in [0.15, 0.2) is 5.96 Å². The third-order valence-corrected chi connectivity index (χ3v) is 3.50. The van der Waals surface area contributed by atoms with Crippen LogP contribution in [0.25, 0.3) is 0 Å². The molecule has 0 amide bonds. The van der Waals surface area contributed by atoms with Gasteiger partial charge in [0.05, 0.1) is 3.79 Å². The van der Waals surface area contributed by atoms with Crippen LogP contribution in [0.2, 0.25) is 0 Å². The van der Waals surface area contributed by atoms with Crippen molar-refractivity contribution >= 4 is 57.2 Å². The summed E-state index contributed by atoms with van der Waals surface area (Å²) in [5, 5.41) is 3.09. The molecule has 0 unspecified atom stereocenters. The number of guanidine groups is 1. The molecule has 0 saturated heterocycles. The summed E-state index contributed by atoms with van der Waals surface area (Å²) in [7, 11) is 0. The van der Waals surface area contributed by atoms with E-state index in [9.17, 15) is 0 Å². The van der Waals surface area contributed by atoms with Gasteiger partial charge in [-0.25, -0.2) is 0 Å². The minimum absolute atomic E-state index is 0. The Hall–Kier alpha value is 0.180. The molecule has 0 aliphatic heterocycles. The lowest BCUT2D eigenvalue weighted by Crippen LogP contribution is -2.33. The summed E-state index contributed by atoms with van der Waals surface area (Å²) in [5.41, 5.74) is 5.66. The zero-order valence-corrected chi connectivity index (χ0v) is 13.9. The molecule has 1 rings (SSSR count). The van der Waals surface area contributed by atoms with Gasteiger partial charge in [-0.3, -0.25) is 4.99 Å². The van der Waals surface area contributed by atoms with Gasteiger partial charge in [-0.15, -0.1) is 35.3 Å². The van der Waals surface area contributed by atoms with Gasteiger partial charge in [0, 0.05) is 18.0 Å². The average Bonchev–Trinajstić information content (AvgIpc) is 2.61. The van der Waals surface area contributed by atoms with Crippen LogP contribution in [0.4, 0.5) is 0 Å². The molecule has 0 spiro atoms. The lowest BCUT2D eigenvalue weighted by atomic mass is 10.3. The Kier molecular flexibility index (Phi) is 9.34. The van der Waals surface area contributed by atoms with Gasteiger partial charge < -0.3 is 11.1 Å². The second kappa shape index (κ2) is 9.23.